The molecule has 0 radical (unpaired) electrons. The highest BCUT2D eigenvalue weighted by Gasteiger charge is 2.31. The van der Waals surface area contributed by atoms with Gasteiger partial charge in [-0.2, -0.15) is 13.2 Å². The summed E-state index contributed by atoms with van der Waals surface area (Å²) < 4.78 is 50.7. The van der Waals surface area contributed by atoms with E-state index in [4.69, 9.17) is 16.7 Å². The molecular weight excluding hydrogens is 286 g/mol. The lowest BCUT2D eigenvalue weighted by molar-refractivity contribution is -0.147. The molecule has 0 spiro atoms. The first kappa shape index (κ1) is 16.2. The van der Waals surface area contributed by atoms with Crippen LogP contribution in [0, 0.1) is 5.82 Å². The molecular formula is C12H14ClF4NO. The molecule has 0 atom stereocenters. The zero-order chi connectivity index (χ0) is 14.5. The van der Waals surface area contributed by atoms with E-state index in [9.17, 15) is 17.6 Å². The van der Waals surface area contributed by atoms with E-state index in [0.717, 1.165) is 11.0 Å². The molecule has 1 aromatic carbocycles. The van der Waals surface area contributed by atoms with Crippen LogP contribution in [0.5, 0.6) is 0 Å². The lowest BCUT2D eigenvalue weighted by Crippen LogP contribution is -2.35. The molecule has 0 aliphatic carbocycles. The molecule has 0 bridgehead atoms. The second kappa shape index (κ2) is 7.07. The summed E-state index contributed by atoms with van der Waals surface area (Å²) in [6.07, 6.45) is -4.20. The number of aliphatic hydroxyl groups excluding tert-OH is 1. The molecule has 1 N–H and O–H groups in total. The summed E-state index contributed by atoms with van der Waals surface area (Å²) in [6, 6.07) is 3.97. The van der Waals surface area contributed by atoms with Crippen molar-refractivity contribution < 1.29 is 22.7 Å². The average molecular weight is 300 g/mol. The second-order valence-corrected chi connectivity index (χ2v) is 4.51. The maximum absolute atomic E-state index is 13.5. The number of benzene rings is 1. The van der Waals surface area contributed by atoms with Crippen LogP contribution in [0.2, 0.25) is 5.02 Å². The van der Waals surface area contributed by atoms with Crippen LogP contribution >= 0.6 is 11.6 Å². The van der Waals surface area contributed by atoms with Crippen LogP contribution in [-0.4, -0.2) is 35.9 Å². The van der Waals surface area contributed by atoms with Crippen molar-refractivity contribution in [3.8, 4) is 0 Å². The van der Waals surface area contributed by atoms with Crippen LogP contribution in [-0.2, 0) is 6.54 Å². The van der Waals surface area contributed by atoms with Crippen LogP contribution in [0.3, 0.4) is 0 Å². The zero-order valence-corrected chi connectivity index (χ0v) is 10.8. The highest BCUT2D eigenvalue weighted by atomic mass is 35.5. The fourth-order valence-corrected chi connectivity index (χ4v) is 1.89. The Bertz CT molecular complexity index is 391. The number of nitrogens with zero attached hydrogens (tertiary/aromatic N) is 1. The van der Waals surface area contributed by atoms with Gasteiger partial charge < -0.3 is 5.11 Å². The average Bonchev–Trinajstić information content (AvgIpc) is 2.29. The largest absolute Gasteiger partial charge is 0.401 e. The van der Waals surface area contributed by atoms with Gasteiger partial charge in [0.05, 0.1) is 6.54 Å². The molecule has 1 aromatic rings. The van der Waals surface area contributed by atoms with E-state index in [2.05, 4.69) is 0 Å². The van der Waals surface area contributed by atoms with Gasteiger partial charge in [-0.1, -0.05) is 17.7 Å². The Labute approximate surface area is 113 Å². The van der Waals surface area contributed by atoms with Crippen molar-refractivity contribution in [1.82, 2.24) is 4.90 Å². The summed E-state index contributed by atoms with van der Waals surface area (Å²) in [5.41, 5.74) is 0.0337. The molecule has 0 amide bonds. The zero-order valence-electron chi connectivity index (χ0n) is 10.1. The number of hydrogen-bond acceptors (Lipinski definition) is 2. The quantitative estimate of drug-likeness (QED) is 0.815. The first-order valence-electron chi connectivity index (χ1n) is 5.66. The van der Waals surface area contributed by atoms with E-state index >= 15 is 0 Å². The maximum Gasteiger partial charge on any atom is 0.401 e. The molecule has 19 heavy (non-hydrogen) atoms. The van der Waals surface area contributed by atoms with Crippen LogP contribution < -0.4 is 0 Å². The lowest BCUT2D eigenvalue weighted by Gasteiger charge is -2.24. The van der Waals surface area contributed by atoms with Gasteiger partial charge in [-0.25, -0.2) is 4.39 Å². The molecule has 0 fully saturated rings. The maximum atomic E-state index is 13.5. The Morgan fingerprint density at radius 2 is 1.95 bits per heavy atom. The van der Waals surface area contributed by atoms with Gasteiger partial charge in [-0.15, -0.1) is 0 Å². The van der Waals surface area contributed by atoms with Crippen molar-refractivity contribution >= 4 is 11.6 Å². The van der Waals surface area contributed by atoms with Gasteiger partial charge in [0.25, 0.3) is 0 Å². The third-order valence-corrected chi connectivity index (χ3v) is 2.83. The monoisotopic (exact) mass is 299 g/mol. The summed E-state index contributed by atoms with van der Waals surface area (Å²) in [5, 5.41) is 8.77. The van der Waals surface area contributed by atoms with E-state index < -0.39 is 18.5 Å². The third-order valence-electron chi connectivity index (χ3n) is 2.48. The summed E-state index contributed by atoms with van der Waals surface area (Å²) in [5.74, 6) is -0.635. The van der Waals surface area contributed by atoms with Crippen LogP contribution in [0.15, 0.2) is 18.2 Å². The van der Waals surface area contributed by atoms with Crippen molar-refractivity contribution in [3.63, 3.8) is 0 Å². The number of rotatable bonds is 6. The van der Waals surface area contributed by atoms with E-state index in [1.165, 1.54) is 12.1 Å². The number of alkyl halides is 3. The lowest BCUT2D eigenvalue weighted by atomic mass is 10.2. The Hall–Kier alpha value is -0.850. The molecule has 108 valence electrons. The van der Waals surface area contributed by atoms with Gasteiger partial charge in [-0.3, -0.25) is 4.90 Å². The molecule has 0 aliphatic rings. The predicted molar refractivity (Wildman–Crippen MR) is 64.4 cm³/mol. The van der Waals surface area contributed by atoms with Gasteiger partial charge in [0.2, 0.25) is 0 Å². The fraction of sp³-hybridized carbons (Fsp3) is 0.500. The van der Waals surface area contributed by atoms with E-state index in [1.54, 1.807) is 0 Å². The van der Waals surface area contributed by atoms with Crippen LogP contribution in [0.25, 0.3) is 0 Å². The minimum atomic E-state index is -4.38. The van der Waals surface area contributed by atoms with Crippen molar-refractivity contribution in [2.45, 2.75) is 19.1 Å². The minimum absolute atomic E-state index is 0.0146. The van der Waals surface area contributed by atoms with Gasteiger partial charge >= 0.3 is 6.18 Å². The standard InChI is InChI=1S/C12H14ClF4NO/c13-10-3-1-4-11(14)9(10)7-18(5-2-6-19)8-12(15,16)17/h1,3-4,19H,2,5-8H2. The third kappa shape index (κ3) is 5.76. The Balaban J connectivity index is 2.81. The summed E-state index contributed by atoms with van der Waals surface area (Å²) >= 11 is 5.78. The van der Waals surface area contributed by atoms with E-state index in [0.29, 0.717) is 0 Å². The summed E-state index contributed by atoms with van der Waals surface area (Å²) in [6.45, 7) is -1.62. The van der Waals surface area contributed by atoms with Crippen molar-refractivity contribution in [2.24, 2.45) is 0 Å². The van der Waals surface area contributed by atoms with Crippen molar-refractivity contribution in [3.05, 3.63) is 34.6 Å². The molecule has 0 aromatic heterocycles. The van der Waals surface area contributed by atoms with Crippen LogP contribution in [0.4, 0.5) is 17.6 Å². The minimum Gasteiger partial charge on any atom is -0.396 e. The SMILES string of the molecule is OCCCN(Cc1c(F)cccc1Cl)CC(F)(F)F. The molecule has 2 nitrogen and oxygen atoms in total. The molecule has 0 heterocycles. The number of hydrogen-bond donors (Lipinski definition) is 1. The summed E-state index contributed by atoms with van der Waals surface area (Å²) in [4.78, 5) is 1.01. The van der Waals surface area contributed by atoms with E-state index in [1.807, 2.05) is 0 Å². The number of aliphatic hydroxyl groups is 1. The normalized spacial score (nSPS) is 12.2. The predicted octanol–water partition coefficient (Wildman–Crippen LogP) is 3.23. The first-order valence-corrected chi connectivity index (χ1v) is 6.04. The van der Waals surface area contributed by atoms with Gasteiger partial charge in [0.15, 0.2) is 0 Å². The Morgan fingerprint density at radius 3 is 2.47 bits per heavy atom. The fourth-order valence-electron chi connectivity index (χ4n) is 1.67. The van der Waals surface area contributed by atoms with Crippen LogP contribution in [0.1, 0.15) is 12.0 Å². The molecule has 7 heteroatoms. The highest BCUT2D eigenvalue weighted by Crippen LogP contribution is 2.23. The molecule has 0 unspecified atom stereocenters. The first-order chi connectivity index (χ1) is 8.83. The van der Waals surface area contributed by atoms with Gasteiger partial charge in [0.1, 0.15) is 5.82 Å². The topological polar surface area (TPSA) is 23.5 Å². The number of halogens is 5. The van der Waals surface area contributed by atoms with E-state index in [-0.39, 0.29) is 36.7 Å². The molecule has 0 saturated heterocycles. The van der Waals surface area contributed by atoms with Gasteiger partial charge in [-0.05, 0) is 18.6 Å². The molecule has 1 rings (SSSR count). The van der Waals surface area contributed by atoms with Crippen molar-refractivity contribution in [2.75, 3.05) is 19.7 Å². The smallest absolute Gasteiger partial charge is 0.396 e. The highest BCUT2D eigenvalue weighted by molar-refractivity contribution is 6.31. The second-order valence-electron chi connectivity index (χ2n) is 4.10. The Kier molecular flexibility index (Phi) is 6.03. The van der Waals surface area contributed by atoms with Gasteiger partial charge in [0, 0.05) is 30.3 Å². The molecule has 0 aliphatic heterocycles. The Morgan fingerprint density at radius 1 is 1.26 bits per heavy atom. The molecule has 0 saturated carbocycles. The summed E-state index contributed by atoms with van der Waals surface area (Å²) in [7, 11) is 0. The van der Waals surface area contributed by atoms with Crippen molar-refractivity contribution in [1.29, 1.82) is 0 Å².